The van der Waals surface area contributed by atoms with E-state index < -0.39 is 35.5 Å². The highest BCUT2D eigenvalue weighted by Gasteiger charge is 2.37. The average Bonchev–Trinajstić information content (AvgIpc) is 2.64. The Hall–Kier alpha value is -2.16. The first kappa shape index (κ1) is 18.2. The van der Waals surface area contributed by atoms with Gasteiger partial charge >= 0.3 is 12.2 Å². The minimum absolute atomic E-state index is 0.209. The molecule has 0 spiro atoms. The summed E-state index contributed by atoms with van der Waals surface area (Å²) in [6, 6.07) is 2.71. The Labute approximate surface area is 142 Å². The second-order valence-corrected chi connectivity index (χ2v) is 5.67. The summed E-state index contributed by atoms with van der Waals surface area (Å²) in [6.07, 6.45) is -1.65. The maximum absolute atomic E-state index is 13.8. The molecule has 0 radical (unpaired) electrons. The van der Waals surface area contributed by atoms with Crippen LogP contribution in [0.3, 0.4) is 0 Å². The number of halogens is 6. The second-order valence-electron chi connectivity index (χ2n) is 4.75. The molecule has 0 saturated heterocycles. The molecule has 1 aliphatic rings. The topological polar surface area (TPSA) is 41.1 Å². The molecule has 2 N–H and O–H groups in total. The molecule has 1 unspecified atom stereocenters. The molecule has 2 amide bonds. The van der Waals surface area contributed by atoms with E-state index in [1.165, 1.54) is 12.1 Å². The fourth-order valence-corrected chi connectivity index (χ4v) is 2.17. The van der Waals surface area contributed by atoms with Crippen molar-refractivity contribution >= 4 is 27.6 Å². The highest BCUT2D eigenvalue weighted by molar-refractivity contribution is 9.10. The van der Waals surface area contributed by atoms with Crippen molar-refractivity contribution in [2.75, 3.05) is 5.32 Å². The maximum atomic E-state index is 13.8. The molecule has 1 aromatic carbocycles. The third-order valence-corrected chi connectivity index (χ3v) is 3.46. The maximum Gasteiger partial charge on any atom is 0.398 e. The number of alkyl halides is 3. The molecule has 3 nitrogen and oxygen atoms in total. The van der Waals surface area contributed by atoms with Gasteiger partial charge in [0.15, 0.2) is 0 Å². The lowest BCUT2D eigenvalue weighted by molar-refractivity contribution is -0.148. The molecule has 1 atom stereocenters. The highest BCUT2D eigenvalue weighted by atomic mass is 79.9. The van der Waals surface area contributed by atoms with E-state index in [4.69, 9.17) is 0 Å². The summed E-state index contributed by atoms with van der Waals surface area (Å²) in [6.45, 7) is 0. The summed E-state index contributed by atoms with van der Waals surface area (Å²) in [4.78, 5) is 11.8. The van der Waals surface area contributed by atoms with Gasteiger partial charge in [-0.25, -0.2) is 13.6 Å². The zero-order chi connectivity index (χ0) is 17.9. The number of carbonyl (C=O) groups excluding carboxylic acids is 1. The third kappa shape index (κ3) is 4.67. The van der Waals surface area contributed by atoms with Crippen LogP contribution in [0.15, 0.2) is 58.5 Å². The summed E-state index contributed by atoms with van der Waals surface area (Å²) in [5, 5.41) is 4.05. The Morgan fingerprint density at radius 2 is 1.88 bits per heavy atom. The van der Waals surface area contributed by atoms with Crippen LogP contribution in [0.1, 0.15) is 0 Å². The van der Waals surface area contributed by atoms with Crippen LogP contribution in [-0.4, -0.2) is 12.2 Å². The monoisotopic (exact) mass is 408 g/mol. The molecule has 1 aliphatic carbocycles. The van der Waals surface area contributed by atoms with Crippen molar-refractivity contribution in [1.82, 2.24) is 5.32 Å². The summed E-state index contributed by atoms with van der Waals surface area (Å²) < 4.78 is 66.1. The minimum Gasteiger partial charge on any atom is -0.305 e. The molecule has 2 rings (SSSR count). The number of rotatable bonds is 2. The number of hydrogen-bond donors (Lipinski definition) is 2. The lowest BCUT2D eigenvalue weighted by Crippen LogP contribution is -2.30. The van der Waals surface area contributed by atoms with Gasteiger partial charge in [-0.15, -0.1) is 0 Å². The Morgan fingerprint density at radius 3 is 2.50 bits per heavy atom. The van der Waals surface area contributed by atoms with E-state index in [0.717, 1.165) is 24.3 Å². The first-order chi connectivity index (χ1) is 11.2. The number of anilines is 1. The van der Waals surface area contributed by atoms with Gasteiger partial charge in [-0.3, -0.25) is 0 Å². The second kappa shape index (κ2) is 7.16. The van der Waals surface area contributed by atoms with E-state index in [-0.39, 0.29) is 5.69 Å². The van der Waals surface area contributed by atoms with Crippen LogP contribution in [0, 0.1) is 11.7 Å². The lowest BCUT2D eigenvalue weighted by atomic mass is 10.1. The molecular formula is C15H10BrF5N2O. The highest BCUT2D eigenvalue weighted by Crippen LogP contribution is 2.31. The fraction of sp³-hybridized carbons (Fsp3) is 0.133. The molecule has 0 aromatic heterocycles. The molecule has 0 fully saturated rings. The lowest BCUT2D eigenvalue weighted by Gasteiger charge is -2.15. The SMILES string of the molecule is O=C(NC1=CC(C(F)(F)F)C=CC=C1F)Nc1ccc(Br)cc1F. The van der Waals surface area contributed by atoms with Crippen molar-refractivity contribution in [3.8, 4) is 0 Å². The molecule has 0 saturated carbocycles. The summed E-state index contributed by atoms with van der Waals surface area (Å²) in [7, 11) is 0. The predicted molar refractivity (Wildman–Crippen MR) is 82.2 cm³/mol. The molecular weight excluding hydrogens is 399 g/mol. The number of hydrogen-bond acceptors (Lipinski definition) is 1. The molecule has 128 valence electrons. The van der Waals surface area contributed by atoms with E-state index in [1.54, 1.807) is 0 Å². The van der Waals surface area contributed by atoms with E-state index in [1.807, 2.05) is 5.32 Å². The van der Waals surface area contributed by atoms with Crippen LogP contribution >= 0.6 is 15.9 Å². The van der Waals surface area contributed by atoms with E-state index in [0.29, 0.717) is 10.5 Å². The summed E-state index contributed by atoms with van der Waals surface area (Å²) >= 11 is 3.04. The normalized spacial score (nSPS) is 17.7. The first-order valence-corrected chi connectivity index (χ1v) is 7.32. The van der Waals surface area contributed by atoms with Crippen LogP contribution in [-0.2, 0) is 0 Å². The zero-order valence-electron chi connectivity index (χ0n) is 11.8. The third-order valence-electron chi connectivity index (χ3n) is 2.97. The average molecular weight is 409 g/mol. The van der Waals surface area contributed by atoms with Gasteiger partial charge in [-0.05, 0) is 30.4 Å². The molecule has 9 heteroatoms. The quantitative estimate of drug-likeness (QED) is 0.649. The Bertz CT molecular complexity index is 740. The molecule has 0 bridgehead atoms. The van der Waals surface area contributed by atoms with Gasteiger partial charge in [0.05, 0.1) is 17.3 Å². The number of urea groups is 1. The molecule has 24 heavy (non-hydrogen) atoms. The number of carbonyl (C=O) groups is 1. The van der Waals surface area contributed by atoms with Crippen molar-refractivity contribution in [2.24, 2.45) is 5.92 Å². The van der Waals surface area contributed by atoms with E-state index in [2.05, 4.69) is 21.2 Å². The Balaban J connectivity index is 2.15. The summed E-state index contributed by atoms with van der Waals surface area (Å²) in [5.41, 5.74) is -0.864. The van der Waals surface area contributed by atoms with Crippen LogP contribution in [0.25, 0.3) is 0 Å². The Morgan fingerprint density at radius 1 is 1.17 bits per heavy atom. The molecule has 0 heterocycles. The van der Waals surface area contributed by atoms with E-state index >= 15 is 0 Å². The van der Waals surface area contributed by atoms with Crippen LogP contribution in [0.2, 0.25) is 0 Å². The fourth-order valence-electron chi connectivity index (χ4n) is 1.84. The zero-order valence-corrected chi connectivity index (χ0v) is 13.4. The minimum atomic E-state index is -4.63. The number of benzene rings is 1. The molecule has 0 aliphatic heterocycles. The number of nitrogens with one attached hydrogen (secondary N) is 2. The van der Waals surface area contributed by atoms with Gasteiger partial charge in [0.2, 0.25) is 0 Å². The molecule has 1 aromatic rings. The first-order valence-electron chi connectivity index (χ1n) is 6.53. The van der Waals surface area contributed by atoms with Gasteiger partial charge in [0.1, 0.15) is 11.6 Å². The Kier molecular flexibility index (Phi) is 5.43. The van der Waals surface area contributed by atoms with Gasteiger partial charge in [-0.2, -0.15) is 13.2 Å². The summed E-state index contributed by atoms with van der Waals surface area (Å²) in [5.74, 6) is -3.87. The van der Waals surface area contributed by atoms with Crippen molar-refractivity contribution in [3.63, 3.8) is 0 Å². The van der Waals surface area contributed by atoms with Crippen LogP contribution in [0.4, 0.5) is 32.4 Å². The number of amides is 2. The van der Waals surface area contributed by atoms with E-state index in [9.17, 15) is 26.7 Å². The van der Waals surface area contributed by atoms with Crippen molar-refractivity contribution in [2.45, 2.75) is 6.18 Å². The van der Waals surface area contributed by atoms with Crippen molar-refractivity contribution in [3.05, 3.63) is 64.3 Å². The largest absolute Gasteiger partial charge is 0.398 e. The van der Waals surface area contributed by atoms with Gasteiger partial charge in [0.25, 0.3) is 0 Å². The van der Waals surface area contributed by atoms with Gasteiger partial charge < -0.3 is 10.6 Å². The van der Waals surface area contributed by atoms with Crippen molar-refractivity contribution < 1.29 is 26.7 Å². The smallest absolute Gasteiger partial charge is 0.305 e. The predicted octanol–water partition coefficient (Wildman–Crippen LogP) is 5.20. The van der Waals surface area contributed by atoms with Gasteiger partial charge in [-0.1, -0.05) is 28.1 Å². The standard InChI is InChI=1S/C15H10BrF5N2O/c16-9-4-5-12(11(18)7-9)22-14(24)23-13-6-8(15(19,20)21)2-1-3-10(13)17/h1-8H,(H2,22,23,24). The van der Waals surface area contributed by atoms with Crippen LogP contribution < -0.4 is 10.6 Å². The van der Waals surface area contributed by atoms with Crippen LogP contribution in [0.5, 0.6) is 0 Å². The number of allylic oxidation sites excluding steroid dienone is 5. The van der Waals surface area contributed by atoms with Gasteiger partial charge in [0, 0.05) is 4.47 Å². The van der Waals surface area contributed by atoms with Crippen molar-refractivity contribution in [1.29, 1.82) is 0 Å².